The highest BCUT2D eigenvalue weighted by Gasteiger charge is 2.18. The van der Waals surface area contributed by atoms with E-state index in [1.54, 1.807) is 32.4 Å². The summed E-state index contributed by atoms with van der Waals surface area (Å²) >= 11 is 0. The van der Waals surface area contributed by atoms with Crippen LogP contribution in [0.25, 0.3) is 0 Å². The Balaban J connectivity index is 1.85. The molecule has 6 heteroatoms. The van der Waals surface area contributed by atoms with Crippen LogP contribution in [0.3, 0.4) is 0 Å². The molecular weight excluding hydrogens is 284 g/mol. The highest BCUT2D eigenvalue weighted by Crippen LogP contribution is 2.29. The van der Waals surface area contributed by atoms with Crippen molar-refractivity contribution in [2.24, 2.45) is 0 Å². The molecule has 0 spiro atoms. The summed E-state index contributed by atoms with van der Waals surface area (Å²) in [5, 5.41) is 15.8. The fourth-order valence-electron chi connectivity index (χ4n) is 2.67. The van der Waals surface area contributed by atoms with Crippen molar-refractivity contribution < 1.29 is 19.4 Å². The third kappa shape index (κ3) is 4.27. The van der Waals surface area contributed by atoms with Crippen molar-refractivity contribution in [1.82, 2.24) is 10.6 Å². The van der Waals surface area contributed by atoms with Gasteiger partial charge < -0.3 is 25.2 Å². The lowest BCUT2D eigenvalue weighted by Crippen LogP contribution is -2.42. The van der Waals surface area contributed by atoms with Crippen molar-refractivity contribution in [2.45, 2.75) is 37.8 Å². The molecule has 1 aromatic carbocycles. The zero-order chi connectivity index (χ0) is 15.9. The first-order chi connectivity index (χ1) is 10.6. The van der Waals surface area contributed by atoms with Crippen molar-refractivity contribution in [1.29, 1.82) is 0 Å². The van der Waals surface area contributed by atoms with Crippen LogP contribution in [0.5, 0.6) is 11.5 Å². The zero-order valence-corrected chi connectivity index (χ0v) is 13.1. The van der Waals surface area contributed by atoms with E-state index >= 15 is 0 Å². The number of hydrogen-bond donors (Lipinski definition) is 3. The predicted molar refractivity (Wildman–Crippen MR) is 83.3 cm³/mol. The molecule has 122 valence electrons. The molecule has 2 rings (SSSR count). The number of rotatable bonds is 6. The number of carbonyl (C=O) groups is 1. The predicted octanol–water partition coefficient (Wildman–Crippen LogP) is 1.98. The first kappa shape index (κ1) is 16.4. The number of carbonyl (C=O) groups excluding carboxylic acids is 1. The quantitative estimate of drug-likeness (QED) is 0.751. The molecule has 0 saturated heterocycles. The average molecular weight is 308 g/mol. The molecule has 0 heterocycles. The van der Waals surface area contributed by atoms with Crippen LogP contribution in [0.4, 0.5) is 4.79 Å². The number of aliphatic hydroxyl groups is 1. The van der Waals surface area contributed by atoms with Crippen LogP contribution in [-0.2, 0) is 0 Å². The van der Waals surface area contributed by atoms with Crippen LogP contribution >= 0.6 is 0 Å². The molecule has 0 radical (unpaired) electrons. The van der Waals surface area contributed by atoms with Crippen LogP contribution in [0.1, 0.15) is 37.4 Å². The van der Waals surface area contributed by atoms with Crippen molar-refractivity contribution in [2.75, 3.05) is 20.8 Å². The molecule has 0 aromatic heterocycles. The van der Waals surface area contributed by atoms with E-state index in [4.69, 9.17) is 9.47 Å². The van der Waals surface area contributed by atoms with E-state index in [2.05, 4.69) is 10.6 Å². The molecule has 6 nitrogen and oxygen atoms in total. The smallest absolute Gasteiger partial charge is 0.315 e. The molecule has 0 bridgehead atoms. The molecule has 0 aliphatic heterocycles. The second kappa shape index (κ2) is 7.89. The van der Waals surface area contributed by atoms with E-state index in [0.29, 0.717) is 17.1 Å². The minimum Gasteiger partial charge on any atom is -0.493 e. The van der Waals surface area contributed by atoms with Crippen molar-refractivity contribution in [3.63, 3.8) is 0 Å². The standard InChI is InChI=1S/C16H24N2O4/c1-21-14-8-7-11(9-15(14)22-2)13(19)10-17-16(20)18-12-5-3-4-6-12/h7-9,12-13,19H,3-6,10H2,1-2H3,(H2,17,18,20). The van der Waals surface area contributed by atoms with Gasteiger partial charge in [0.15, 0.2) is 11.5 Å². The lowest BCUT2D eigenvalue weighted by molar-refractivity contribution is 0.172. The van der Waals surface area contributed by atoms with E-state index in [1.165, 1.54) is 12.8 Å². The second-order valence-electron chi connectivity index (χ2n) is 5.47. The van der Waals surface area contributed by atoms with Crippen molar-refractivity contribution in [3.8, 4) is 11.5 Å². The summed E-state index contributed by atoms with van der Waals surface area (Å²) in [6.45, 7) is 0.147. The Morgan fingerprint density at radius 2 is 1.95 bits per heavy atom. The molecule has 1 aliphatic carbocycles. The fraction of sp³-hybridized carbons (Fsp3) is 0.562. The van der Waals surface area contributed by atoms with E-state index < -0.39 is 6.10 Å². The van der Waals surface area contributed by atoms with Gasteiger partial charge in [0.25, 0.3) is 0 Å². The molecule has 1 unspecified atom stereocenters. The number of nitrogens with one attached hydrogen (secondary N) is 2. The Hall–Kier alpha value is -1.95. The summed E-state index contributed by atoms with van der Waals surface area (Å²) in [4.78, 5) is 11.8. The maximum Gasteiger partial charge on any atom is 0.315 e. The lowest BCUT2D eigenvalue weighted by atomic mass is 10.1. The maximum atomic E-state index is 11.8. The van der Waals surface area contributed by atoms with Gasteiger partial charge in [-0.1, -0.05) is 18.9 Å². The maximum absolute atomic E-state index is 11.8. The number of amides is 2. The van der Waals surface area contributed by atoms with Gasteiger partial charge in [-0.3, -0.25) is 0 Å². The summed E-state index contributed by atoms with van der Waals surface area (Å²) < 4.78 is 10.4. The van der Waals surface area contributed by atoms with Crippen LogP contribution in [0, 0.1) is 0 Å². The molecule has 1 aromatic rings. The van der Waals surface area contributed by atoms with Crippen LogP contribution < -0.4 is 20.1 Å². The van der Waals surface area contributed by atoms with Crippen LogP contribution in [0.15, 0.2) is 18.2 Å². The van der Waals surface area contributed by atoms with E-state index in [0.717, 1.165) is 12.8 Å². The highest BCUT2D eigenvalue weighted by molar-refractivity contribution is 5.74. The first-order valence-corrected chi connectivity index (χ1v) is 7.58. The SMILES string of the molecule is COc1ccc(C(O)CNC(=O)NC2CCCC2)cc1OC. The monoisotopic (exact) mass is 308 g/mol. The number of ether oxygens (including phenoxy) is 2. The number of aliphatic hydroxyl groups excluding tert-OH is 1. The van der Waals surface area contributed by atoms with Crippen molar-refractivity contribution >= 4 is 6.03 Å². The Kier molecular flexibility index (Phi) is 5.89. The molecule has 3 N–H and O–H groups in total. The fourth-order valence-corrected chi connectivity index (χ4v) is 2.67. The molecule has 1 fully saturated rings. The van der Waals surface area contributed by atoms with Gasteiger partial charge in [0, 0.05) is 12.6 Å². The van der Waals surface area contributed by atoms with Crippen LogP contribution in [-0.4, -0.2) is 37.9 Å². The molecule has 22 heavy (non-hydrogen) atoms. The van der Waals surface area contributed by atoms with Gasteiger partial charge in [0.1, 0.15) is 0 Å². The number of benzene rings is 1. The number of hydrogen-bond acceptors (Lipinski definition) is 4. The minimum absolute atomic E-state index is 0.147. The topological polar surface area (TPSA) is 79.8 Å². The second-order valence-corrected chi connectivity index (χ2v) is 5.47. The Labute approximate surface area is 130 Å². The summed E-state index contributed by atoms with van der Waals surface area (Å²) in [5.41, 5.74) is 0.666. The summed E-state index contributed by atoms with van der Waals surface area (Å²) in [5.74, 6) is 1.15. The van der Waals surface area contributed by atoms with E-state index in [9.17, 15) is 9.90 Å². The Morgan fingerprint density at radius 1 is 1.27 bits per heavy atom. The van der Waals surface area contributed by atoms with Gasteiger partial charge in [-0.15, -0.1) is 0 Å². The minimum atomic E-state index is -0.797. The van der Waals surface area contributed by atoms with Crippen LogP contribution in [0.2, 0.25) is 0 Å². The van der Waals surface area contributed by atoms with Gasteiger partial charge in [-0.25, -0.2) is 4.79 Å². The van der Waals surface area contributed by atoms with E-state index in [-0.39, 0.29) is 18.6 Å². The largest absolute Gasteiger partial charge is 0.493 e. The van der Waals surface area contributed by atoms with Gasteiger partial charge >= 0.3 is 6.03 Å². The van der Waals surface area contributed by atoms with Gasteiger partial charge in [-0.2, -0.15) is 0 Å². The summed E-state index contributed by atoms with van der Waals surface area (Å²) in [6, 6.07) is 5.23. The first-order valence-electron chi connectivity index (χ1n) is 7.58. The number of methoxy groups -OCH3 is 2. The molecular formula is C16H24N2O4. The Bertz CT molecular complexity index is 501. The van der Waals surface area contributed by atoms with Gasteiger partial charge in [-0.05, 0) is 30.5 Å². The lowest BCUT2D eigenvalue weighted by Gasteiger charge is -2.17. The summed E-state index contributed by atoms with van der Waals surface area (Å²) in [6.07, 6.45) is 3.60. The zero-order valence-electron chi connectivity index (χ0n) is 13.1. The highest BCUT2D eigenvalue weighted by atomic mass is 16.5. The average Bonchev–Trinajstić information content (AvgIpc) is 3.04. The third-order valence-corrected chi connectivity index (χ3v) is 3.94. The summed E-state index contributed by atoms with van der Waals surface area (Å²) in [7, 11) is 3.10. The van der Waals surface area contributed by atoms with E-state index in [1.807, 2.05) is 0 Å². The normalized spacial score (nSPS) is 16.1. The Morgan fingerprint density at radius 3 is 2.59 bits per heavy atom. The van der Waals surface area contributed by atoms with Gasteiger partial charge in [0.05, 0.1) is 20.3 Å². The third-order valence-electron chi connectivity index (χ3n) is 3.94. The molecule has 1 saturated carbocycles. The molecule has 1 atom stereocenters. The number of urea groups is 1. The molecule has 1 aliphatic rings. The van der Waals surface area contributed by atoms with Crippen molar-refractivity contribution in [3.05, 3.63) is 23.8 Å². The van der Waals surface area contributed by atoms with Gasteiger partial charge in [0.2, 0.25) is 0 Å². The molecule has 2 amide bonds.